The fourth-order valence-electron chi connectivity index (χ4n) is 3.68. The Kier molecular flexibility index (Phi) is 7.68. The van der Waals surface area contributed by atoms with Crippen LogP contribution in [0.3, 0.4) is 0 Å². The summed E-state index contributed by atoms with van der Waals surface area (Å²) >= 11 is 6.19. The number of nitrogens with one attached hydrogen (secondary N) is 2. The quantitative estimate of drug-likeness (QED) is 0.244. The van der Waals surface area contributed by atoms with Crippen LogP contribution in [0.2, 0.25) is 0 Å². The molecule has 10 heteroatoms. The Morgan fingerprint density at radius 3 is 2.13 bits per heavy atom. The Balaban J connectivity index is 1.45. The van der Waals surface area contributed by atoms with E-state index in [2.05, 4.69) is 10.6 Å². The van der Waals surface area contributed by atoms with Gasteiger partial charge >= 0.3 is 5.97 Å². The van der Waals surface area contributed by atoms with Gasteiger partial charge in [-0.05, 0) is 74.5 Å². The van der Waals surface area contributed by atoms with Crippen molar-refractivity contribution in [1.29, 1.82) is 0 Å². The number of benzene rings is 3. The summed E-state index contributed by atoms with van der Waals surface area (Å²) in [5, 5.41) is 5.28. The van der Waals surface area contributed by atoms with Gasteiger partial charge in [0.25, 0.3) is 17.7 Å². The Morgan fingerprint density at radius 2 is 1.50 bits per heavy atom. The number of ketones is 1. The smallest absolute Gasteiger partial charge is 0.338 e. The number of rotatable bonds is 8. The molecule has 4 rings (SSSR count). The molecule has 3 aromatic carbocycles. The fourth-order valence-corrected chi connectivity index (χ4v) is 3.89. The van der Waals surface area contributed by atoms with Gasteiger partial charge in [0, 0.05) is 22.5 Å². The Labute approximate surface area is 223 Å². The zero-order chi connectivity index (χ0) is 27.4. The number of ether oxygens (including phenoxy) is 1. The van der Waals surface area contributed by atoms with Crippen molar-refractivity contribution in [3.63, 3.8) is 0 Å². The molecular weight excluding hydrogens is 510 g/mol. The molecule has 0 saturated carbocycles. The van der Waals surface area contributed by atoms with Gasteiger partial charge in [-0.2, -0.15) is 0 Å². The van der Waals surface area contributed by atoms with E-state index in [-0.39, 0.29) is 40.3 Å². The molecule has 0 fully saturated rings. The van der Waals surface area contributed by atoms with E-state index in [1.807, 2.05) is 0 Å². The lowest BCUT2D eigenvalue weighted by molar-refractivity contribution is -0.120. The van der Waals surface area contributed by atoms with Crippen LogP contribution in [-0.4, -0.2) is 36.1 Å². The predicted molar refractivity (Wildman–Crippen MR) is 142 cm³/mol. The minimum atomic E-state index is -0.716. The lowest BCUT2D eigenvalue weighted by Crippen LogP contribution is -2.32. The van der Waals surface area contributed by atoms with Crippen molar-refractivity contribution in [2.24, 2.45) is 0 Å². The molecule has 0 aromatic heterocycles. The summed E-state index contributed by atoms with van der Waals surface area (Å²) in [7, 11) is 0. The topological polar surface area (TPSA) is 122 Å². The van der Waals surface area contributed by atoms with Crippen molar-refractivity contribution in [2.75, 3.05) is 22.1 Å². The first-order valence-electron chi connectivity index (χ1n) is 11.5. The summed E-state index contributed by atoms with van der Waals surface area (Å²) in [6.07, 6.45) is 0. The van der Waals surface area contributed by atoms with E-state index < -0.39 is 17.8 Å². The zero-order valence-corrected chi connectivity index (χ0v) is 21.2. The average Bonchev–Trinajstić information content (AvgIpc) is 3.12. The van der Waals surface area contributed by atoms with Gasteiger partial charge < -0.3 is 15.4 Å². The highest BCUT2D eigenvalue weighted by Crippen LogP contribution is 2.30. The van der Waals surface area contributed by atoms with Gasteiger partial charge in [-0.3, -0.25) is 19.2 Å². The normalized spacial score (nSPS) is 13.0. The highest BCUT2D eigenvalue weighted by Gasteiger charge is 2.39. The minimum absolute atomic E-state index is 0.114. The van der Waals surface area contributed by atoms with Gasteiger partial charge in [0.1, 0.15) is 10.7 Å². The number of amides is 3. The summed E-state index contributed by atoms with van der Waals surface area (Å²) in [6, 6.07) is 18.6. The van der Waals surface area contributed by atoms with Crippen LogP contribution in [0, 0.1) is 0 Å². The number of Topliss-reactive ketones (excluding diaryl/α,β-unsaturated/α-hetero) is 1. The van der Waals surface area contributed by atoms with E-state index >= 15 is 0 Å². The van der Waals surface area contributed by atoms with Crippen molar-refractivity contribution in [3.05, 3.63) is 100 Å². The molecule has 0 unspecified atom stereocenters. The van der Waals surface area contributed by atoms with Gasteiger partial charge in [-0.1, -0.05) is 23.7 Å². The molecule has 1 aliphatic heterocycles. The molecule has 0 atom stereocenters. The molecule has 2 N–H and O–H groups in total. The number of hydrogen-bond donors (Lipinski definition) is 2. The molecule has 0 spiro atoms. The largest absolute Gasteiger partial charge is 0.462 e. The van der Waals surface area contributed by atoms with E-state index in [9.17, 15) is 24.0 Å². The molecule has 1 aliphatic rings. The summed E-state index contributed by atoms with van der Waals surface area (Å²) in [5.74, 6) is -2.41. The maximum Gasteiger partial charge on any atom is 0.338 e. The zero-order valence-electron chi connectivity index (χ0n) is 20.4. The number of carbonyl (C=O) groups is 5. The van der Waals surface area contributed by atoms with E-state index in [4.69, 9.17) is 16.3 Å². The number of carbonyl (C=O) groups excluding carboxylic acids is 5. The van der Waals surface area contributed by atoms with Crippen molar-refractivity contribution >= 4 is 58.1 Å². The second-order valence-electron chi connectivity index (χ2n) is 8.20. The lowest BCUT2D eigenvalue weighted by Gasteiger charge is -2.15. The van der Waals surface area contributed by atoms with Crippen LogP contribution in [0.5, 0.6) is 0 Å². The molecule has 3 aromatic rings. The molecule has 0 radical (unpaired) electrons. The Bertz CT molecular complexity index is 1480. The molecule has 38 heavy (non-hydrogen) atoms. The number of halogens is 1. The maximum atomic E-state index is 13.0. The highest BCUT2D eigenvalue weighted by molar-refractivity contribution is 6.53. The van der Waals surface area contributed by atoms with Gasteiger partial charge in [-0.15, -0.1) is 0 Å². The van der Waals surface area contributed by atoms with Gasteiger partial charge in [0.2, 0.25) is 0 Å². The Morgan fingerprint density at radius 1 is 0.842 bits per heavy atom. The molecular formula is C28H22ClN3O6. The number of hydrogen-bond acceptors (Lipinski definition) is 7. The molecule has 9 nitrogen and oxygen atoms in total. The van der Waals surface area contributed by atoms with E-state index in [1.165, 1.54) is 43.3 Å². The molecule has 1 heterocycles. The number of nitrogens with zero attached hydrogens (tertiary/aromatic N) is 1. The summed E-state index contributed by atoms with van der Waals surface area (Å²) in [4.78, 5) is 62.7. The summed E-state index contributed by atoms with van der Waals surface area (Å²) < 4.78 is 4.94. The number of imide groups is 1. The molecule has 0 saturated heterocycles. The third-order valence-corrected chi connectivity index (χ3v) is 5.96. The van der Waals surface area contributed by atoms with Crippen molar-refractivity contribution in [1.82, 2.24) is 0 Å². The van der Waals surface area contributed by atoms with Crippen molar-refractivity contribution in [2.45, 2.75) is 13.8 Å². The van der Waals surface area contributed by atoms with Gasteiger partial charge in [-0.25, -0.2) is 9.69 Å². The van der Waals surface area contributed by atoms with E-state index in [1.54, 1.807) is 43.3 Å². The first kappa shape index (κ1) is 26.3. The Hall–Kier alpha value is -4.76. The average molecular weight is 532 g/mol. The lowest BCUT2D eigenvalue weighted by atomic mass is 10.1. The first-order chi connectivity index (χ1) is 18.2. The van der Waals surface area contributed by atoms with Crippen LogP contribution in [0.1, 0.15) is 44.9 Å². The van der Waals surface area contributed by atoms with Crippen LogP contribution in [-0.2, 0) is 14.3 Å². The van der Waals surface area contributed by atoms with Crippen molar-refractivity contribution in [3.8, 4) is 0 Å². The van der Waals surface area contributed by atoms with E-state index in [0.29, 0.717) is 22.5 Å². The SMILES string of the molecule is CCOC(=O)c1ccc(N2C(=O)C(Cl)=C(Nc3ccc(C(=O)Nc4cccc(C(C)=O)c4)cc3)C2=O)cc1. The second kappa shape index (κ2) is 11.1. The first-order valence-corrected chi connectivity index (χ1v) is 11.9. The van der Waals surface area contributed by atoms with Crippen LogP contribution in [0.4, 0.5) is 17.1 Å². The summed E-state index contributed by atoms with van der Waals surface area (Å²) in [5.41, 5.74) is 2.12. The van der Waals surface area contributed by atoms with Gasteiger partial charge in [0.05, 0.1) is 17.9 Å². The molecule has 0 aliphatic carbocycles. The summed E-state index contributed by atoms with van der Waals surface area (Å²) in [6.45, 7) is 3.35. The monoisotopic (exact) mass is 531 g/mol. The predicted octanol–water partition coefficient (Wildman–Crippen LogP) is 4.75. The molecule has 3 amide bonds. The standard InChI is InChI=1S/C28H22ClN3O6/c1-3-38-28(37)18-9-13-22(14-10-18)32-26(35)23(29)24(27(32)36)30-20-11-7-17(8-12-20)25(34)31-21-6-4-5-19(15-21)16(2)33/h4-15,30H,3H2,1-2H3,(H,31,34). The fraction of sp³-hybridized carbons (Fsp3) is 0.107. The van der Waals surface area contributed by atoms with Crippen LogP contribution in [0.25, 0.3) is 0 Å². The minimum Gasteiger partial charge on any atom is -0.462 e. The third-order valence-electron chi connectivity index (χ3n) is 5.61. The van der Waals surface area contributed by atoms with Crippen LogP contribution in [0.15, 0.2) is 83.5 Å². The highest BCUT2D eigenvalue weighted by atomic mass is 35.5. The number of esters is 1. The molecule has 0 bridgehead atoms. The third kappa shape index (κ3) is 5.47. The van der Waals surface area contributed by atoms with Crippen LogP contribution < -0.4 is 15.5 Å². The van der Waals surface area contributed by atoms with Gasteiger partial charge in [0.15, 0.2) is 5.78 Å². The van der Waals surface area contributed by atoms with Crippen molar-refractivity contribution < 1.29 is 28.7 Å². The van der Waals surface area contributed by atoms with Crippen LogP contribution >= 0.6 is 11.6 Å². The maximum absolute atomic E-state index is 13.0. The van der Waals surface area contributed by atoms with E-state index in [0.717, 1.165) is 4.90 Å². The molecule has 192 valence electrons. The number of anilines is 3. The second-order valence-corrected chi connectivity index (χ2v) is 8.57.